The Labute approximate surface area is 226 Å². The Kier molecular flexibility index (Phi) is 8.38. The van der Waals surface area contributed by atoms with Crippen molar-refractivity contribution in [2.45, 2.75) is 65.1 Å². The summed E-state index contributed by atoms with van der Waals surface area (Å²) in [5.41, 5.74) is -0.775. The SMILES string of the molecule is C[C@@H](c1nc2cccc(Cl)c2c(=O)n1-c1cccc(NC(=O)NC(C)(C)CCO)c1)N(C(=O)O)C(C)(C)C. The molecular weight excluding hydrogens is 510 g/mol. The monoisotopic (exact) mass is 543 g/mol. The number of carbonyl (C=O) groups is 2. The van der Waals surface area contributed by atoms with Gasteiger partial charge in [-0.15, -0.1) is 0 Å². The lowest BCUT2D eigenvalue weighted by atomic mass is 10.0. The Morgan fingerprint density at radius 1 is 1.13 bits per heavy atom. The van der Waals surface area contributed by atoms with Crippen molar-refractivity contribution in [3.8, 4) is 5.69 Å². The molecule has 1 atom stereocenters. The molecule has 0 spiro atoms. The average molecular weight is 544 g/mol. The molecule has 3 aromatic rings. The van der Waals surface area contributed by atoms with Crippen molar-refractivity contribution < 1.29 is 19.8 Å². The first-order chi connectivity index (χ1) is 17.7. The number of hydrogen-bond donors (Lipinski definition) is 4. The van der Waals surface area contributed by atoms with E-state index in [1.807, 2.05) is 0 Å². The number of nitrogens with zero attached hydrogens (tertiary/aromatic N) is 3. The summed E-state index contributed by atoms with van der Waals surface area (Å²) < 4.78 is 1.33. The number of rotatable bonds is 7. The van der Waals surface area contributed by atoms with Gasteiger partial charge in [0, 0.05) is 23.4 Å². The van der Waals surface area contributed by atoms with Gasteiger partial charge in [-0.3, -0.25) is 14.3 Å². The maximum Gasteiger partial charge on any atom is 0.408 e. The average Bonchev–Trinajstić information content (AvgIpc) is 2.77. The molecule has 204 valence electrons. The molecule has 0 saturated carbocycles. The minimum absolute atomic E-state index is 0.0773. The van der Waals surface area contributed by atoms with E-state index in [1.165, 1.54) is 9.47 Å². The number of amides is 3. The Hall–Kier alpha value is -3.63. The number of carboxylic acid groups (broad SMARTS) is 1. The number of benzene rings is 2. The minimum atomic E-state index is -1.16. The minimum Gasteiger partial charge on any atom is -0.465 e. The van der Waals surface area contributed by atoms with Gasteiger partial charge in [0.1, 0.15) is 5.82 Å². The normalized spacial score (nSPS) is 12.7. The molecule has 0 fully saturated rings. The molecule has 0 aliphatic heterocycles. The highest BCUT2D eigenvalue weighted by atomic mass is 35.5. The van der Waals surface area contributed by atoms with Crippen LogP contribution in [0, 0.1) is 0 Å². The predicted octanol–water partition coefficient (Wildman–Crippen LogP) is 5.16. The van der Waals surface area contributed by atoms with E-state index in [0.29, 0.717) is 23.3 Å². The number of aliphatic hydroxyl groups is 1. The first kappa shape index (κ1) is 28.9. The van der Waals surface area contributed by atoms with E-state index in [1.54, 1.807) is 84.0 Å². The molecule has 0 aliphatic carbocycles. The smallest absolute Gasteiger partial charge is 0.408 e. The van der Waals surface area contributed by atoms with Crippen LogP contribution < -0.4 is 16.2 Å². The Morgan fingerprint density at radius 3 is 2.39 bits per heavy atom. The van der Waals surface area contributed by atoms with Crippen molar-refractivity contribution in [2.24, 2.45) is 0 Å². The van der Waals surface area contributed by atoms with E-state index in [4.69, 9.17) is 16.6 Å². The highest BCUT2D eigenvalue weighted by molar-refractivity contribution is 6.35. The molecule has 1 heterocycles. The van der Waals surface area contributed by atoms with Crippen molar-refractivity contribution >= 4 is 40.3 Å². The fourth-order valence-corrected chi connectivity index (χ4v) is 4.67. The first-order valence-electron chi connectivity index (χ1n) is 12.2. The van der Waals surface area contributed by atoms with Gasteiger partial charge in [0.05, 0.1) is 27.7 Å². The van der Waals surface area contributed by atoms with Crippen molar-refractivity contribution in [2.75, 3.05) is 11.9 Å². The molecule has 3 amide bonds. The third-order valence-corrected chi connectivity index (χ3v) is 6.43. The summed E-state index contributed by atoms with van der Waals surface area (Å²) in [6.07, 6.45) is -0.788. The van der Waals surface area contributed by atoms with Gasteiger partial charge in [-0.25, -0.2) is 14.6 Å². The first-order valence-corrected chi connectivity index (χ1v) is 12.6. The molecule has 2 aromatic carbocycles. The van der Waals surface area contributed by atoms with Crippen molar-refractivity contribution in [1.82, 2.24) is 19.8 Å². The van der Waals surface area contributed by atoms with Gasteiger partial charge < -0.3 is 20.8 Å². The maximum absolute atomic E-state index is 13.9. The summed E-state index contributed by atoms with van der Waals surface area (Å²) in [5.74, 6) is 0.202. The highest BCUT2D eigenvalue weighted by Crippen LogP contribution is 2.30. The molecule has 1 aromatic heterocycles. The summed E-state index contributed by atoms with van der Waals surface area (Å²) in [5, 5.41) is 25.2. The second-order valence-electron chi connectivity index (χ2n) is 10.7. The highest BCUT2D eigenvalue weighted by Gasteiger charge is 2.34. The van der Waals surface area contributed by atoms with Crippen LogP contribution in [0.15, 0.2) is 47.3 Å². The largest absolute Gasteiger partial charge is 0.465 e. The standard InChI is InChI=1S/C27H34ClN5O5/c1-16(33(25(37)38)26(2,3)4)22-30-20-12-8-11-19(28)21(20)23(35)32(22)18-10-7-9-17(15-18)29-24(36)31-27(5,6)13-14-34/h7-12,15-16,34H,13-14H2,1-6H3,(H,37,38)(H2,29,31,36)/t16-/m0/s1. The lowest BCUT2D eigenvalue weighted by Gasteiger charge is -2.38. The van der Waals surface area contributed by atoms with Crippen LogP contribution in [0.25, 0.3) is 16.6 Å². The van der Waals surface area contributed by atoms with Gasteiger partial charge in [-0.05, 0) is 78.3 Å². The van der Waals surface area contributed by atoms with Crippen molar-refractivity contribution in [3.63, 3.8) is 0 Å². The Bertz CT molecular complexity index is 1410. The van der Waals surface area contributed by atoms with Gasteiger partial charge in [0.2, 0.25) is 0 Å². The number of urea groups is 1. The number of aliphatic hydroxyl groups excluding tert-OH is 1. The van der Waals surface area contributed by atoms with Crippen LogP contribution in [0.5, 0.6) is 0 Å². The van der Waals surface area contributed by atoms with Crippen molar-refractivity contribution in [3.05, 3.63) is 63.7 Å². The molecule has 0 aliphatic rings. The number of nitrogens with one attached hydrogen (secondary N) is 2. The third-order valence-electron chi connectivity index (χ3n) is 6.11. The van der Waals surface area contributed by atoms with E-state index >= 15 is 0 Å². The van der Waals surface area contributed by atoms with Crippen LogP contribution in [-0.4, -0.2) is 54.5 Å². The zero-order chi connectivity index (χ0) is 28.4. The van der Waals surface area contributed by atoms with Gasteiger partial charge in [-0.1, -0.05) is 23.7 Å². The molecule has 10 nitrogen and oxygen atoms in total. The molecule has 38 heavy (non-hydrogen) atoms. The van der Waals surface area contributed by atoms with Crippen LogP contribution in [0.3, 0.4) is 0 Å². The van der Waals surface area contributed by atoms with E-state index in [9.17, 15) is 24.6 Å². The summed E-state index contributed by atoms with van der Waals surface area (Å²) in [6, 6.07) is 10.2. The molecule has 3 rings (SSSR count). The fraction of sp³-hybridized carbons (Fsp3) is 0.407. The quantitative estimate of drug-likeness (QED) is 0.325. The summed E-state index contributed by atoms with van der Waals surface area (Å²) in [6.45, 7) is 10.5. The number of halogens is 1. The van der Waals surface area contributed by atoms with Crippen LogP contribution in [0.4, 0.5) is 15.3 Å². The Morgan fingerprint density at radius 2 is 1.79 bits per heavy atom. The molecule has 0 saturated heterocycles. The topological polar surface area (TPSA) is 137 Å². The molecule has 0 unspecified atom stereocenters. The number of fused-ring (bicyclic) bond motifs is 1. The third kappa shape index (κ3) is 6.25. The van der Waals surface area contributed by atoms with E-state index in [2.05, 4.69) is 10.6 Å². The fourth-order valence-electron chi connectivity index (χ4n) is 4.42. The van der Waals surface area contributed by atoms with E-state index in [-0.39, 0.29) is 22.8 Å². The second kappa shape index (κ2) is 11.0. The summed E-state index contributed by atoms with van der Waals surface area (Å²) >= 11 is 6.39. The zero-order valence-corrected chi connectivity index (χ0v) is 23.1. The number of anilines is 1. The number of hydrogen-bond acceptors (Lipinski definition) is 5. The van der Waals surface area contributed by atoms with Crippen LogP contribution in [0.2, 0.25) is 5.02 Å². The predicted molar refractivity (Wildman–Crippen MR) is 148 cm³/mol. The molecular formula is C27H34ClN5O5. The van der Waals surface area contributed by atoms with Gasteiger partial charge in [-0.2, -0.15) is 0 Å². The molecule has 0 bridgehead atoms. The lowest BCUT2D eigenvalue weighted by molar-refractivity contribution is 0.0719. The van der Waals surface area contributed by atoms with Gasteiger partial charge in [0.15, 0.2) is 0 Å². The summed E-state index contributed by atoms with van der Waals surface area (Å²) in [7, 11) is 0. The number of aromatic nitrogens is 2. The van der Waals surface area contributed by atoms with E-state index < -0.39 is 34.8 Å². The van der Waals surface area contributed by atoms with Crippen LogP contribution in [-0.2, 0) is 0 Å². The summed E-state index contributed by atoms with van der Waals surface area (Å²) in [4.78, 5) is 44.7. The molecule has 0 radical (unpaired) electrons. The lowest BCUT2D eigenvalue weighted by Crippen LogP contribution is -2.47. The van der Waals surface area contributed by atoms with Crippen LogP contribution >= 0.6 is 11.6 Å². The zero-order valence-electron chi connectivity index (χ0n) is 22.4. The van der Waals surface area contributed by atoms with Gasteiger partial charge in [0.25, 0.3) is 5.56 Å². The van der Waals surface area contributed by atoms with E-state index in [0.717, 1.165) is 0 Å². The Balaban J connectivity index is 2.18. The number of carbonyl (C=O) groups excluding carboxylic acids is 1. The molecule has 11 heteroatoms. The van der Waals surface area contributed by atoms with Crippen LogP contribution in [0.1, 0.15) is 59.8 Å². The van der Waals surface area contributed by atoms with Gasteiger partial charge >= 0.3 is 12.1 Å². The van der Waals surface area contributed by atoms with Crippen molar-refractivity contribution in [1.29, 1.82) is 0 Å². The second-order valence-corrected chi connectivity index (χ2v) is 11.1. The maximum atomic E-state index is 13.9. The molecule has 4 N–H and O–H groups in total.